The van der Waals surface area contributed by atoms with Crippen LogP contribution in [0.5, 0.6) is 0 Å². The van der Waals surface area contributed by atoms with Crippen LogP contribution in [0.15, 0.2) is 18.2 Å². The van der Waals surface area contributed by atoms with Gasteiger partial charge in [0, 0.05) is 5.92 Å². The van der Waals surface area contributed by atoms with E-state index in [1.54, 1.807) is 13.8 Å². The van der Waals surface area contributed by atoms with Crippen molar-refractivity contribution in [3.05, 3.63) is 34.9 Å². The number of aliphatic hydroxyl groups is 1. The van der Waals surface area contributed by atoms with E-state index in [1.165, 1.54) is 5.56 Å². The molecule has 3 nitrogen and oxygen atoms in total. The van der Waals surface area contributed by atoms with E-state index in [4.69, 9.17) is 4.74 Å². The van der Waals surface area contributed by atoms with Gasteiger partial charge in [-0.3, -0.25) is 0 Å². The van der Waals surface area contributed by atoms with Gasteiger partial charge in [0.25, 0.3) is 0 Å². The summed E-state index contributed by atoms with van der Waals surface area (Å²) in [6, 6.07) is 6.04. The summed E-state index contributed by atoms with van der Waals surface area (Å²) >= 11 is 0. The number of carbonyl (C=O) groups is 1. The molecule has 0 aliphatic rings. The molecule has 1 aromatic rings. The predicted molar refractivity (Wildman–Crippen MR) is 76.2 cm³/mol. The first kappa shape index (κ1) is 15.7. The van der Waals surface area contributed by atoms with Gasteiger partial charge in [-0.25, -0.2) is 4.79 Å². The number of carbonyl (C=O) groups excluding carboxylic acids is 1. The van der Waals surface area contributed by atoms with Crippen molar-refractivity contribution in [2.45, 2.75) is 52.6 Å². The minimum absolute atomic E-state index is 0.279. The summed E-state index contributed by atoms with van der Waals surface area (Å²) in [6.45, 7) is 9.73. The Bertz CT molecular complexity index is 453. The molecule has 106 valence electrons. The molecule has 0 radical (unpaired) electrons. The van der Waals surface area contributed by atoms with Crippen molar-refractivity contribution in [1.82, 2.24) is 0 Å². The first-order valence-corrected chi connectivity index (χ1v) is 6.83. The normalized spacial score (nSPS) is 15.7. The van der Waals surface area contributed by atoms with Crippen molar-refractivity contribution < 1.29 is 14.6 Å². The standard InChI is InChI=1S/C16H24O3/c1-6-16(18,15(17)19-7-2)13(5)14-9-8-11(3)10-12(14)4/h8-10,13,18H,6-7H2,1-5H3. The molecule has 0 heterocycles. The van der Waals surface area contributed by atoms with Crippen LogP contribution >= 0.6 is 0 Å². The number of hydrogen-bond donors (Lipinski definition) is 1. The Morgan fingerprint density at radius 1 is 1.37 bits per heavy atom. The SMILES string of the molecule is CCOC(=O)C(O)(CC)C(C)c1ccc(C)cc1C. The van der Waals surface area contributed by atoms with Gasteiger partial charge in [-0.05, 0) is 38.3 Å². The molecule has 0 aliphatic heterocycles. The highest BCUT2D eigenvalue weighted by Gasteiger charge is 2.42. The largest absolute Gasteiger partial charge is 0.464 e. The van der Waals surface area contributed by atoms with E-state index in [9.17, 15) is 9.90 Å². The molecule has 1 aromatic carbocycles. The molecule has 0 saturated heterocycles. The monoisotopic (exact) mass is 264 g/mol. The zero-order valence-corrected chi connectivity index (χ0v) is 12.5. The molecule has 2 atom stereocenters. The van der Waals surface area contributed by atoms with Gasteiger partial charge in [-0.1, -0.05) is 37.6 Å². The van der Waals surface area contributed by atoms with Crippen LogP contribution in [0, 0.1) is 13.8 Å². The van der Waals surface area contributed by atoms with Gasteiger partial charge in [0.15, 0.2) is 5.60 Å². The second-order valence-electron chi connectivity index (χ2n) is 5.08. The van der Waals surface area contributed by atoms with Crippen LogP contribution < -0.4 is 0 Å². The van der Waals surface area contributed by atoms with E-state index in [2.05, 4.69) is 6.07 Å². The van der Waals surface area contributed by atoms with Gasteiger partial charge in [-0.15, -0.1) is 0 Å². The molecule has 3 heteroatoms. The maximum atomic E-state index is 12.0. The predicted octanol–water partition coefficient (Wildman–Crippen LogP) is 3.11. The number of benzene rings is 1. The Labute approximate surface area is 115 Å². The molecular formula is C16H24O3. The van der Waals surface area contributed by atoms with Crippen molar-refractivity contribution >= 4 is 5.97 Å². The van der Waals surface area contributed by atoms with E-state index < -0.39 is 11.6 Å². The molecule has 1 N–H and O–H groups in total. The van der Waals surface area contributed by atoms with E-state index in [-0.39, 0.29) is 12.5 Å². The average molecular weight is 264 g/mol. The number of rotatable bonds is 5. The number of esters is 1. The summed E-state index contributed by atoms with van der Waals surface area (Å²) in [5.74, 6) is -0.831. The van der Waals surface area contributed by atoms with Crippen molar-refractivity contribution in [2.75, 3.05) is 6.61 Å². The van der Waals surface area contributed by atoms with Crippen LogP contribution in [0.4, 0.5) is 0 Å². The lowest BCUT2D eigenvalue weighted by atomic mass is 9.79. The van der Waals surface area contributed by atoms with Gasteiger partial charge in [0.2, 0.25) is 0 Å². The third-order valence-electron chi connectivity index (χ3n) is 3.78. The van der Waals surface area contributed by atoms with E-state index in [0.29, 0.717) is 6.42 Å². The molecule has 0 amide bonds. The molecule has 0 bridgehead atoms. The van der Waals surface area contributed by atoms with Gasteiger partial charge in [0.05, 0.1) is 6.61 Å². The first-order valence-electron chi connectivity index (χ1n) is 6.83. The summed E-state index contributed by atoms with van der Waals surface area (Å²) in [7, 11) is 0. The van der Waals surface area contributed by atoms with Gasteiger partial charge < -0.3 is 9.84 Å². The summed E-state index contributed by atoms with van der Waals surface area (Å²) in [6.07, 6.45) is 0.334. The molecular weight excluding hydrogens is 240 g/mol. The Morgan fingerprint density at radius 2 is 2.00 bits per heavy atom. The van der Waals surface area contributed by atoms with Crippen LogP contribution in [0.1, 0.15) is 49.8 Å². The van der Waals surface area contributed by atoms with E-state index >= 15 is 0 Å². The van der Waals surface area contributed by atoms with Gasteiger partial charge in [0.1, 0.15) is 0 Å². The zero-order chi connectivity index (χ0) is 14.6. The fraction of sp³-hybridized carbons (Fsp3) is 0.562. The molecule has 19 heavy (non-hydrogen) atoms. The molecule has 0 spiro atoms. The van der Waals surface area contributed by atoms with E-state index in [0.717, 1.165) is 11.1 Å². The lowest BCUT2D eigenvalue weighted by Crippen LogP contribution is -2.44. The third kappa shape index (κ3) is 3.16. The van der Waals surface area contributed by atoms with Gasteiger partial charge >= 0.3 is 5.97 Å². The molecule has 0 saturated carbocycles. The summed E-state index contributed by atoms with van der Waals surface area (Å²) in [5.41, 5.74) is 1.78. The summed E-state index contributed by atoms with van der Waals surface area (Å²) in [4.78, 5) is 12.0. The Kier molecular flexibility index (Phi) is 5.12. The van der Waals surface area contributed by atoms with Crippen molar-refractivity contribution in [3.63, 3.8) is 0 Å². The van der Waals surface area contributed by atoms with Crippen LogP contribution in [0.3, 0.4) is 0 Å². The van der Waals surface area contributed by atoms with Crippen LogP contribution in [0.25, 0.3) is 0 Å². The molecule has 1 rings (SSSR count). The molecule has 0 fully saturated rings. The lowest BCUT2D eigenvalue weighted by molar-refractivity contribution is -0.167. The quantitative estimate of drug-likeness (QED) is 0.831. The average Bonchev–Trinajstić information content (AvgIpc) is 2.37. The van der Waals surface area contributed by atoms with Crippen LogP contribution in [-0.2, 0) is 9.53 Å². The minimum Gasteiger partial charge on any atom is -0.464 e. The van der Waals surface area contributed by atoms with Crippen LogP contribution in [-0.4, -0.2) is 23.3 Å². The fourth-order valence-corrected chi connectivity index (χ4v) is 2.45. The van der Waals surface area contributed by atoms with Crippen molar-refractivity contribution in [3.8, 4) is 0 Å². The maximum absolute atomic E-state index is 12.0. The summed E-state index contributed by atoms with van der Waals surface area (Å²) < 4.78 is 5.02. The molecule has 0 aliphatic carbocycles. The maximum Gasteiger partial charge on any atom is 0.338 e. The van der Waals surface area contributed by atoms with Gasteiger partial charge in [-0.2, -0.15) is 0 Å². The van der Waals surface area contributed by atoms with Crippen molar-refractivity contribution in [2.24, 2.45) is 0 Å². The van der Waals surface area contributed by atoms with Crippen molar-refractivity contribution in [1.29, 1.82) is 0 Å². The number of aryl methyl sites for hydroxylation is 2. The first-order chi connectivity index (χ1) is 8.86. The lowest BCUT2D eigenvalue weighted by Gasteiger charge is -2.32. The topological polar surface area (TPSA) is 46.5 Å². The second-order valence-corrected chi connectivity index (χ2v) is 5.08. The third-order valence-corrected chi connectivity index (χ3v) is 3.78. The van der Waals surface area contributed by atoms with E-state index in [1.807, 2.05) is 32.9 Å². The summed E-state index contributed by atoms with van der Waals surface area (Å²) in [5, 5.41) is 10.7. The highest BCUT2D eigenvalue weighted by molar-refractivity contribution is 5.80. The Morgan fingerprint density at radius 3 is 2.47 bits per heavy atom. The molecule has 0 aromatic heterocycles. The Hall–Kier alpha value is -1.35. The highest BCUT2D eigenvalue weighted by Crippen LogP contribution is 2.34. The molecule has 2 unspecified atom stereocenters. The minimum atomic E-state index is -1.46. The zero-order valence-electron chi connectivity index (χ0n) is 12.5. The Balaban J connectivity index is 3.13. The number of ether oxygens (including phenoxy) is 1. The number of hydrogen-bond acceptors (Lipinski definition) is 3. The highest BCUT2D eigenvalue weighted by atomic mass is 16.5. The fourth-order valence-electron chi connectivity index (χ4n) is 2.45. The smallest absolute Gasteiger partial charge is 0.338 e. The van der Waals surface area contributed by atoms with Crippen LogP contribution in [0.2, 0.25) is 0 Å². The second kappa shape index (κ2) is 6.20.